The molecule has 4 aromatic rings. The molecule has 4 heterocycles. The smallest absolute Gasteiger partial charge is 0.324 e. The second-order valence-electron chi connectivity index (χ2n) is 7.24. The first-order valence-corrected chi connectivity index (χ1v) is 9.34. The fraction of sp³-hybridized carbons (Fsp3) is 0.250. The van der Waals surface area contributed by atoms with E-state index in [9.17, 15) is 4.79 Å². The van der Waals surface area contributed by atoms with E-state index in [1.807, 2.05) is 36.0 Å². The van der Waals surface area contributed by atoms with Gasteiger partial charge in [0.15, 0.2) is 5.82 Å². The minimum Gasteiger partial charge on any atom is -0.372 e. The van der Waals surface area contributed by atoms with Gasteiger partial charge in [-0.2, -0.15) is 5.10 Å². The Morgan fingerprint density at radius 3 is 2.79 bits per heavy atom. The average molecular weight is 393 g/mol. The van der Waals surface area contributed by atoms with Crippen LogP contribution in [-0.4, -0.2) is 57.7 Å². The molecule has 2 amide bonds. The standard InChI is InChI=1S/C20H20FN7O/c1-11-16(12-4-5-15-24-14(22-2)10-27(15)9-12)13-8-23-25-18(13)19(17(11)21)28-7-6-26(3)20(28)29/h4-5,8-10,22H,6-7H2,1-3H3,(H,23,25). The SMILES string of the molecule is CNc1cn2cc(-c3c(C)c(F)c(N4CCN(C)C4=O)c4[nH]ncc34)ccc2n1. The third kappa shape index (κ3) is 2.47. The number of aromatic amines is 1. The van der Waals surface area contributed by atoms with Crippen LogP contribution in [0.15, 0.2) is 30.7 Å². The number of likely N-dealkylation sites (N-methyl/N-ethyl adjacent to an activating group) is 1. The number of imidazole rings is 1. The molecular weight excluding hydrogens is 373 g/mol. The molecule has 2 N–H and O–H groups in total. The van der Waals surface area contributed by atoms with Gasteiger partial charge in [0.2, 0.25) is 0 Å². The molecule has 29 heavy (non-hydrogen) atoms. The molecule has 1 saturated heterocycles. The number of halogens is 1. The van der Waals surface area contributed by atoms with Crippen molar-refractivity contribution < 1.29 is 9.18 Å². The van der Waals surface area contributed by atoms with E-state index in [-0.39, 0.29) is 11.7 Å². The van der Waals surface area contributed by atoms with Crippen LogP contribution in [0, 0.1) is 12.7 Å². The zero-order valence-electron chi connectivity index (χ0n) is 16.3. The van der Waals surface area contributed by atoms with Crippen LogP contribution < -0.4 is 10.2 Å². The van der Waals surface area contributed by atoms with Crippen molar-refractivity contribution in [2.24, 2.45) is 0 Å². The maximum atomic E-state index is 15.6. The number of aromatic nitrogens is 4. The monoisotopic (exact) mass is 393 g/mol. The van der Waals surface area contributed by atoms with Crippen molar-refractivity contribution in [2.45, 2.75) is 6.92 Å². The first-order chi connectivity index (χ1) is 14.0. The summed E-state index contributed by atoms with van der Waals surface area (Å²) < 4.78 is 17.5. The van der Waals surface area contributed by atoms with Gasteiger partial charge in [-0.15, -0.1) is 0 Å². The van der Waals surface area contributed by atoms with Gasteiger partial charge in [0.05, 0.1) is 17.9 Å². The van der Waals surface area contributed by atoms with E-state index in [0.29, 0.717) is 24.2 Å². The highest BCUT2D eigenvalue weighted by molar-refractivity contribution is 6.08. The number of pyridine rings is 1. The second kappa shape index (κ2) is 6.20. The molecular formula is C20H20FN7O. The minimum atomic E-state index is -0.415. The molecule has 148 valence electrons. The Kier molecular flexibility index (Phi) is 3.73. The van der Waals surface area contributed by atoms with Crippen LogP contribution in [0.3, 0.4) is 0 Å². The quantitative estimate of drug-likeness (QED) is 0.560. The summed E-state index contributed by atoms with van der Waals surface area (Å²) in [5.74, 6) is 0.340. The second-order valence-corrected chi connectivity index (χ2v) is 7.24. The molecule has 0 radical (unpaired) electrons. The highest BCUT2D eigenvalue weighted by atomic mass is 19.1. The molecule has 0 aliphatic carbocycles. The first kappa shape index (κ1) is 17.5. The van der Waals surface area contributed by atoms with Crippen LogP contribution >= 0.6 is 0 Å². The highest BCUT2D eigenvalue weighted by Crippen LogP contribution is 2.40. The van der Waals surface area contributed by atoms with E-state index in [0.717, 1.165) is 28.0 Å². The van der Waals surface area contributed by atoms with E-state index in [4.69, 9.17) is 0 Å². The van der Waals surface area contributed by atoms with Gasteiger partial charge >= 0.3 is 6.03 Å². The van der Waals surface area contributed by atoms with Gasteiger partial charge < -0.3 is 14.6 Å². The summed E-state index contributed by atoms with van der Waals surface area (Å²) >= 11 is 0. The molecule has 1 aromatic carbocycles. The summed E-state index contributed by atoms with van der Waals surface area (Å²) in [6.45, 7) is 2.73. The van der Waals surface area contributed by atoms with Crippen molar-refractivity contribution in [1.82, 2.24) is 24.5 Å². The lowest BCUT2D eigenvalue weighted by atomic mass is 9.96. The van der Waals surface area contributed by atoms with Crippen LogP contribution in [0.5, 0.6) is 0 Å². The number of benzene rings is 1. The van der Waals surface area contributed by atoms with E-state index in [1.165, 1.54) is 4.90 Å². The Morgan fingerprint density at radius 2 is 2.07 bits per heavy atom. The van der Waals surface area contributed by atoms with Crippen molar-refractivity contribution >= 4 is 34.1 Å². The molecule has 1 fully saturated rings. The summed E-state index contributed by atoms with van der Waals surface area (Å²) in [4.78, 5) is 20.0. The molecule has 0 saturated carbocycles. The number of amides is 2. The largest absolute Gasteiger partial charge is 0.372 e. The molecule has 0 atom stereocenters. The number of nitrogens with zero attached hydrogens (tertiary/aromatic N) is 5. The highest BCUT2D eigenvalue weighted by Gasteiger charge is 2.32. The molecule has 8 nitrogen and oxygen atoms in total. The summed E-state index contributed by atoms with van der Waals surface area (Å²) in [7, 11) is 3.53. The third-order valence-corrected chi connectivity index (χ3v) is 5.54. The van der Waals surface area contributed by atoms with Crippen LogP contribution in [0.25, 0.3) is 27.7 Å². The lowest BCUT2D eigenvalue weighted by Gasteiger charge is -2.20. The molecule has 9 heteroatoms. The van der Waals surface area contributed by atoms with E-state index in [2.05, 4.69) is 20.5 Å². The van der Waals surface area contributed by atoms with Gasteiger partial charge in [0, 0.05) is 44.3 Å². The van der Waals surface area contributed by atoms with E-state index < -0.39 is 5.82 Å². The Balaban J connectivity index is 1.74. The normalized spacial score (nSPS) is 14.6. The summed E-state index contributed by atoms with van der Waals surface area (Å²) in [6, 6.07) is 3.60. The zero-order valence-corrected chi connectivity index (χ0v) is 16.3. The topological polar surface area (TPSA) is 81.6 Å². The van der Waals surface area contributed by atoms with Crippen molar-refractivity contribution in [3.8, 4) is 11.1 Å². The number of urea groups is 1. The fourth-order valence-electron chi connectivity index (χ4n) is 4.00. The van der Waals surface area contributed by atoms with Crippen molar-refractivity contribution in [3.63, 3.8) is 0 Å². The van der Waals surface area contributed by atoms with Crippen LogP contribution in [-0.2, 0) is 0 Å². The summed E-state index contributed by atoms with van der Waals surface area (Å²) in [5.41, 5.74) is 3.64. The maximum absolute atomic E-state index is 15.6. The molecule has 5 rings (SSSR count). The zero-order chi connectivity index (χ0) is 20.3. The van der Waals surface area contributed by atoms with Crippen molar-refractivity contribution in [1.29, 1.82) is 0 Å². The summed E-state index contributed by atoms with van der Waals surface area (Å²) in [5, 5.41) is 10.8. The predicted molar refractivity (Wildman–Crippen MR) is 110 cm³/mol. The van der Waals surface area contributed by atoms with Crippen molar-refractivity contribution in [3.05, 3.63) is 42.1 Å². The van der Waals surface area contributed by atoms with Gasteiger partial charge in [-0.1, -0.05) is 0 Å². The molecule has 0 bridgehead atoms. The van der Waals surface area contributed by atoms with E-state index >= 15 is 4.39 Å². The Hall–Kier alpha value is -3.62. The number of hydrogen-bond acceptors (Lipinski definition) is 4. The minimum absolute atomic E-state index is 0.216. The number of hydrogen-bond donors (Lipinski definition) is 2. The number of fused-ring (bicyclic) bond motifs is 2. The van der Waals surface area contributed by atoms with Gasteiger partial charge in [0.1, 0.15) is 17.2 Å². The maximum Gasteiger partial charge on any atom is 0.324 e. The number of rotatable bonds is 3. The lowest BCUT2D eigenvalue weighted by molar-refractivity contribution is 0.229. The van der Waals surface area contributed by atoms with Gasteiger partial charge in [-0.3, -0.25) is 10.00 Å². The molecule has 0 unspecified atom stereocenters. The van der Waals surface area contributed by atoms with Crippen LogP contribution in [0.4, 0.5) is 20.7 Å². The van der Waals surface area contributed by atoms with Gasteiger partial charge in [-0.25, -0.2) is 14.2 Å². The summed E-state index contributed by atoms with van der Waals surface area (Å²) in [6.07, 6.45) is 5.48. The lowest BCUT2D eigenvalue weighted by Crippen LogP contribution is -2.30. The van der Waals surface area contributed by atoms with Crippen LogP contribution in [0.1, 0.15) is 5.56 Å². The fourth-order valence-corrected chi connectivity index (χ4v) is 4.00. The Labute approximate surface area is 165 Å². The van der Waals surface area contributed by atoms with Gasteiger partial charge in [-0.05, 0) is 30.2 Å². The Morgan fingerprint density at radius 1 is 1.24 bits per heavy atom. The Bertz CT molecular complexity index is 1280. The number of nitrogens with one attached hydrogen (secondary N) is 2. The molecule has 1 aliphatic rings. The molecule has 1 aliphatic heterocycles. The van der Waals surface area contributed by atoms with E-state index in [1.54, 1.807) is 25.1 Å². The van der Waals surface area contributed by atoms with Gasteiger partial charge in [0.25, 0.3) is 0 Å². The van der Waals surface area contributed by atoms with Crippen molar-refractivity contribution in [2.75, 3.05) is 37.4 Å². The average Bonchev–Trinajstić information content (AvgIpc) is 3.43. The number of carbonyl (C=O) groups is 1. The number of H-pyrrole nitrogens is 1. The first-order valence-electron chi connectivity index (χ1n) is 9.34. The number of carbonyl (C=O) groups excluding carboxylic acids is 1. The predicted octanol–water partition coefficient (Wildman–Crippen LogP) is 3.24. The molecule has 3 aromatic heterocycles. The molecule has 0 spiro atoms. The van der Waals surface area contributed by atoms with Crippen LogP contribution in [0.2, 0.25) is 0 Å². The third-order valence-electron chi connectivity index (χ3n) is 5.54. The number of anilines is 2.